The monoisotopic (exact) mass is 426 g/mol. The van der Waals surface area contributed by atoms with E-state index in [0.717, 1.165) is 61.3 Å². The SMILES string of the molecule is [2H]C([2H])(C1CCOCC1)N1C[C@H]2CC(Nc3nnc(-c4cc(F)ccc4C)cc3C)C[C@H]2C1. The van der Waals surface area contributed by atoms with Gasteiger partial charge in [0.15, 0.2) is 5.82 Å². The van der Waals surface area contributed by atoms with Crippen LogP contribution in [0.25, 0.3) is 11.3 Å². The summed E-state index contributed by atoms with van der Waals surface area (Å²) >= 11 is 0. The second-order valence-corrected chi connectivity index (χ2v) is 9.47. The van der Waals surface area contributed by atoms with Gasteiger partial charge in [0.1, 0.15) is 5.82 Å². The fourth-order valence-electron chi connectivity index (χ4n) is 5.43. The van der Waals surface area contributed by atoms with Gasteiger partial charge in [-0.15, -0.1) is 10.2 Å². The van der Waals surface area contributed by atoms with Crippen LogP contribution >= 0.6 is 0 Å². The second-order valence-electron chi connectivity index (χ2n) is 9.47. The van der Waals surface area contributed by atoms with E-state index in [1.54, 1.807) is 6.07 Å². The maximum atomic E-state index is 13.7. The number of ether oxygens (including phenoxy) is 1. The van der Waals surface area contributed by atoms with Gasteiger partial charge in [0.2, 0.25) is 0 Å². The fraction of sp³-hybridized carbons (Fsp3) is 0.600. The average molecular weight is 427 g/mol. The van der Waals surface area contributed by atoms with Gasteiger partial charge in [0.05, 0.1) is 5.69 Å². The van der Waals surface area contributed by atoms with Crippen molar-refractivity contribution in [3.8, 4) is 11.3 Å². The molecule has 5 rings (SSSR count). The lowest BCUT2D eigenvalue weighted by Gasteiger charge is -2.27. The first-order valence-electron chi connectivity index (χ1n) is 12.5. The van der Waals surface area contributed by atoms with Crippen molar-refractivity contribution in [1.82, 2.24) is 15.1 Å². The molecule has 3 heterocycles. The third-order valence-corrected chi connectivity index (χ3v) is 7.14. The van der Waals surface area contributed by atoms with Gasteiger partial charge < -0.3 is 15.0 Å². The first-order valence-corrected chi connectivity index (χ1v) is 11.5. The lowest BCUT2D eigenvalue weighted by molar-refractivity contribution is 0.0545. The normalized spacial score (nSPS) is 28.3. The molecule has 1 aromatic carbocycles. The van der Waals surface area contributed by atoms with Gasteiger partial charge in [-0.1, -0.05) is 6.07 Å². The van der Waals surface area contributed by atoms with E-state index in [-0.39, 0.29) is 11.7 Å². The maximum Gasteiger partial charge on any atom is 0.151 e. The smallest absolute Gasteiger partial charge is 0.151 e. The minimum Gasteiger partial charge on any atom is -0.381 e. The molecule has 2 aliphatic heterocycles. The lowest BCUT2D eigenvalue weighted by atomic mass is 10.00. The van der Waals surface area contributed by atoms with E-state index >= 15 is 0 Å². The molecule has 31 heavy (non-hydrogen) atoms. The van der Waals surface area contributed by atoms with Crippen LogP contribution in [0.4, 0.5) is 10.2 Å². The molecule has 166 valence electrons. The Bertz CT molecular complexity index is 1000. The van der Waals surface area contributed by atoms with Gasteiger partial charge in [-0.25, -0.2) is 4.39 Å². The molecule has 1 aliphatic carbocycles. The Morgan fingerprint density at radius 3 is 2.55 bits per heavy atom. The summed E-state index contributed by atoms with van der Waals surface area (Å²) in [7, 11) is 0. The molecule has 1 aromatic heterocycles. The summed E-state index contributed by atoms with van der Waals surface area (Å²) in [5, 5.41) is 12.4. The number of nitrogens with zero attached hydrogens (tertiary/aromatic N) is 3. The van der Waals surface area contributed by atoms with Crippen LogP contribution in [0, 0.1) is 37.4 Å². The summed E-state index contributed by atoms with van der Waals surface area (Å²) in [5.41, 5.74) is 3.42. The Morgan fingerprint density at radius 2 is 1.84 bits per heavy atom. The zero-order chi connectivity index (χ0) is 23.2. The number of rotatable bonds is 5. The van der Waals surface area contributed by atoms with E-state index in [1.807, 2.05) is 19.9 Å². The Kier molecular flexibility index (Phi) is 5.27. The maximum absolute atomic E-state index is 13.7. The molecule has 0 bridgehead atoms. The van der Waals surface area contributed by atoms with Crippen LogP contribution in [-0.4, -0.2) is 53.9 Å². The molecule has 3 fully saturated rings. The quantitative estimate of drug-likeness (QED) is 0.766. The highest BCUT2D eigenvalue weighted by molar-refractivity contribution is 5.65. The zero-order valence-corrected chi connectivity index (χ0v) is 18.4. The molecule has 6 heteroatoms. The summed E-state index contributed by atoms with van der Waals surface area (Å²) in [6.45, 7) is 5.72. The van der Waals surface area contributed by atoms with E-state index in [4.69, 9.17) is 7.48 Å². The molecule has 1 N–H and O–H groups in total. The van der Waals surface area contributed by atoms with E-state index in [9.17, 15) is 4.39 Å². The van der Waals surface area contributed by atoms with Crippen molar-refractivity contribution in [3.05, 3.63) is 41.2 Å². The summed E-state index contributed by atoms with van der Waals surface area (Å²) in [6, 6.07) is 7.03. The first kappa shape index (κ1) is 18.5. The number of hydrogen-bond acceptors (Lipinski definition) is 5. The molecular formula is C25H33FN4O. The third kappa shape index (κ3) is 4.60. The topological polar surface area (TPSA) is 50.3 Å². The largest absolute Gasteiger partial charge is 0.381 e. The van der Waals surface area contributed by atoms with Crippen molar-refractivity contribution in [3.63, 3.8) is 0 Å². The molecule has 3 atom stereocenters. The van der Waals surface area contributed by atoms with Crippen LogP contribution in [0.3, 0.4) is 0 Å². The summed E-state index contributed by atoms with van der Waals surface area (Å²) in [4.78, 5) is 2.09. The lowest BCUT2D eigenvalue weighted by Crippen LogP contribution is -2.32. The molecule has 5 nitrogen and oxygen atoms in total. The minimum absolute atomic E-state index is 0.0668. The standard InChI is InChI=1S/C25H33FN4O/c1-16-3-4-21(26)12-23(16)24-9-17(2)25(29-28-24)27-22-10-19-14-30(15-20(19)11-22)13-18-5-7-31-8-6-18/h3-4,9,12,18-20,22H,5-8,10-11,13-15H2,1-2H3,(H,27,29)/t19-,20+,22?/i13D2. The van der Waals surface area contributed by atoms with E-state index < -0.39 is 6.50 Å². The van der Waals surface area contributed by atoms with Crippen molar-refractivity contribution < 1.29 is 11.9 Å². The number of anilines is 1. The highest BCUT2D eigenvalue weighted by atomic mass is 19.1. The van der Waals surface area contributed by atoms with E-state index in [1.165, 1.54) is 12.1 Å². The van der Waals surface area contributed by atoms with Crippen LogP contribution in [-0.2, 0) is 4.74 Å². The van der Waals surface area contributed by atoms with Crippen LogP contribution in [0.15, 0.2) is 24.3 Å². The second kappa shape index (κ2) is 8.83. The molecule has 3 aliphatic rings. The molecule has 2 saturated heterocycles. The van der Waals surface area contributed by atoms with Crippen LogP contribution < -0.4 is 5.32 Å². The summed E-state index contributed by atoms with van der Waals surface area (Å²) in [6.07, 6.45) is 3.67. The number of hydrogen-bond donors (Lipinski definition) is 1. The van der Waals surface area contributed by atoms with Crippen LogP contribution in [0.1, 0.15) is 39.6 Å². The molecule has 2 aromatic rings. The van der Waals surface area contributed by atoms with Gasteiger partial charge in [-0.3, -0.25) is 0 Å². The highest BCUT2D eigenvalue weighted by Crippen LogP contribution is 2.40. The summed E-state index contributed by atoms with van der Waals surface area (Å²) in [5.74, 6) is 1.61. The summed E-state index contributed by atoms with van der Waals surface area (Å²) < 4.78 is 36.7. The van der Waals surface area contributed by atoms with Gasteiger partial charge in [0.25, 0.3) is 0 Å². The Hall–Kier alpha value is -2.05. The van der Waals surface area contributed by atoms with Crippen molar-refractivity contribution >= 4 is 5.82 Å². The number of benzene rings is 1. The first-order chi connectivity index (χ1) is 15.8. The molecule has 0 amide bonds. The number of fused-ring (bicyclic) bond motifs is 1. The molecule has 1 saturated carbocycles. The average Bonchev–Trinajstić information content (AvgIpc) is 3.37. The van der Waals surface area contributed by atoms with Gasteiger partial charge in [0, 0.05) is 47.1 Å². The van der Waals surface area contributed by atoms with Gasteiger partial charge in [-0.05, 0) is 86.6 Å². The van der Waals surface area contributed by atoms with E-state index in [2.05, 4.69) is 20.4 Å². The molecule has 0 radical (unpaired) electrons. The Labute approximate surface area is 187 Å². The van der Waals surface area contributed by atoms with Gasteiger partial charge >= 0.3 is 0 Å². The number of halogens is 1. The van der Waals surface area contributed by atoms with Crippen molar-refractivity contribution in [1.29, 1.82) is 0 Å². The van der Waals surface area contributed by atoms with Gasteiger partial charge in [-0.2, -0.15) is 0 Å². The van der Waals surface area contributed by atoms with Crippen molar-refractivity contribution in [2.75, 3.05) is 38.1 Å². The third-order valence-electron chi connectivity index (χ3n) is 7.14. The van der Waals surface area contributed by atoms with Crippen LogP contribution in [0.5, 0.6) is 0 Å². The number of nitrogens with one attached hydrogen (secondary N) is 1. The predicted molar refractivity (Wildman–Crippen MR) is 121 cm³/mol. The zero-order valence-electron chi connectivity index (χ0n) is 20.4. The van der Waals surface area contributed by atoms with Crippen LogP contribution in [0.2, 0.25) is 0 Å². The Morgan fingerprint density at radius 1 is 1.10 bits per heavy atom. The fourth-order valence-corrected chi connectivity index (χ4v) is 5.43. The molecule has 0 spiro atoms. The number of aromatic nitrogens is 2. The number of likely N-dealkylation sites (tertiary alicyclic amines) is 1. The molecule has 1 unspecified atom stereocenters. The number of aryl methyl sites for hydroxylation is 2. The highest BCUT2D eigenvalue weighted by Gasteiger charge is 2.41. The Balaban J connectivity index is 1.21. The van der Waals surface area contributed by atoms with E-state index in [0.29, 0.717) is 36.8 Å². The van der Waals surface area contributed by atoms with Crippen molar-refractivity contribution in [2.45, 2.75) is 45.6 Å². The minimum atomic E-state index is -1.25. The molecular weight excluding hydrogens is 391 g/mol. The van der Waals surface area contributed by atoms with Crippen molar-refractivity contribution in [2.24, 2.45) is 17.8 Å². The predicted octanol–water partition coefficient (Wildman–Crippen LogP) is 4.45.